The van der Waals surface area contributed by atoms with Gasteiger partial charge in [-0.15, -0.1) is 0 Å². The minimum Gasteiger partial charge on any atom is -0.0801 e. The van der Waals surface area contributed by atoms with Crippen LogP contribution in [0.25, 0.3) is 5.57 Å². The van der Waals surface area contributed by atoms with Gasteiger partial charge in [0.2, 0.25) is 0 Å². The van der Waals surface area contributed by atoms with E-state index in [9.17, 15) is 0 Å². The highest BCUT2D eigenvalue weighted by atomic mass is 14.2. The van der Waals surface area contributed by atoms with Gasteiger partial charge < -0.3 is 0 Å². The van der Waals surface area contributed by atoms with Crippen molar-refractivity contribution in [3.05, 3.63) is 102 Å². The van der Waals surface area contributed by atoms with Gasteiger partial charge in [0.1, 0.15) is 0 Å². The van der Waals surface area contributed by atoms with Crippen molar-refractivity contribution in [3.8, 4) is 0 Å². The van der Waals surface area contributed by atoms with E-state index in [-0.39, 0.29) is 0 Å². The van der Waals surface area contributed by atoms with Crippen LogP contribution < -0.4 is 0 Å². The van der Waals surface area contributed by atoms with Crippen LogP contribution >= 0.6 is 0 Å². The summed E-state index contributed by atoms with van der Waals surface area (Å²) < 4.78 is 0. The van der Waals surface area contributed by atoms with Gasteiger partial charge in [0.05, 0.1) is 0 Å². The van der Waals surface area contributed by atoms with Gasteiger partial charge in [0.15, 0.2) is 0 Å². The maximum atomic E-state index is 2.38. The van der Waals surface area contributed by atoms with Crippen LogP contribution in [-0.4, -0.2) is 0 Å². The molecule has 0 aromatic heterocycles. The third kappa shape index (κ3) is 4.85. The Morgan fingerprint density at radius 2 is 1.62 bits per heavy atom. The van der Waals surface area contributed by atoms with Crippen LogP contribution in [0.1, 0.15) is 56.6 Å². The van der Waals surface area contributed by atoms with Gasteiger partial charge in [0, 0.05) is 0 Å². The van der Waals surface area contributed by atoms with Crippen molar-refractivity contribution < 1.29 is 0 Å². The third-order valence-corrected chi connectivity index (χ3v) is 5.50. The lowest BCUT2D eigenvalue weighted by Gasteiger charge is -2.24. The summed E-state index contributed by atoms with van der Waals surface area (Å²) in [6.45, 7) is 4.69. The monoisotopic (exact) mass is 342 g/mol. The minimum atomic E-state index is 0.563. The van der Waals surface area contributed by atoms with E-state index in [0.717, 1.165) is 18.8 Å². The number of hydrogen-bond acceptors (Lipinski definition) is 0. The van der Waals surface area contributed by atoms with E-state index in [4.69, 9.17) is 0 Å². The summed E-state index contributed by atoms with van der Waals surface area (Å²) in [5.74, 6) is 1.30. The molecule has 0 fully saturated rings. The molecule has 3 rings (SSSR count). The second-order valence-electron chi connectivity index (χ2n) is 7.42. The van der Waals surface area contributed by atoms with Gasteiger partial charge in [-0.2, -0.15) is 0 Å². The summed E-state index contributed by atoms with van der Waals surface area (Å²) in [5.41, 5.74) is 5.80. The molecule has 1 aliphatic rings. The Hall–Kier alpha value is -2.34. The second kappa shape index (κ2) is 9.38. The molecule has 0 bridgehead atoms. The zero-order chi connectivity index (χ0) is 18.2. The van der Waals surface area contributed by atoms with E-state index in [1.807, 2.05) is 0 Å². The molecule has 26 heavy (non-hydrogen) atoms. The third-order valence-electron chi connectivity index (χ3n) is 5.50. The first-order valence-corrected chi connectivity index (χ1v) is 9.93. The lowest BCUT2D eigenvalue weighted by molar-refractivity contribution is 0.458. The van der Waals surface area contributed by atoms with Crippen molar-refractivity contribution in [1.29, 1.82) is 0 Å². The summed E-state index contributed by atoms with van der Waals surface area (Å²) in [5, 5.41) is 0. The van der Waals surface area contributed by atoms with Crippen LogP contribution in [0.3, 0.4) is 0 Å². The van der Waals surface area contributed by atoms with Crippen LogP contribution in [0.4, 0.5) is 0 Å². The number of hydrogen-bond donors (Lipinski definition) is 0. The first-order chi connectivity index (χ1) is 12.8. The fraction of sp³-hybridized carbons (Fsp3) is 0.308. The molecule has 134 valence electrons. The van der Waals surface area contributed by atoms with Crippen molar-refractivity contribution in [3.63, 3.8) is 0 Å². The standard InChI is InChI=1S/C26H30/c1-3-21(2)19-25(22-13-7-4-8-14-22)20-26(23-15-9-5-10-16-23)24-17-11-6-12-18-24/h4-17,21,25H,3,18-20H2,1-2H3. The van der Waals surface area contributed by atoms with Crippen LogP contribution in [0.15, 0.2) is 90.5 Å². The zero-order valence-electron chi connectivity index (χ0n) is 16.1. The fourth-order valence-corrected chi connectivity index (χ4v) is 3.77. The van der Waals surface area contributed by atoms with E-state index in [2.05, 4.69) is 98.8 Å². The van der Waals surface area contributed by atoms with Crippen LogP contribution in [0, 0.1) is 5.92 Å². The molecule has 0 spiro atoms. The second-order valence-corrected chi connectivity index (χ2v) is 7.42. The Morgan fingerprint density at radius 3 is 2.23 bits per heavy atom. The molecule has 0 aliphatic heterocycles. The highest BCUT2D eigenvalue weighted by Crippen LogP contribution is 2.37. The molecule has 0 amide bonds. The van der Waals surface area contributed by atoms with Gasteiger partial charge in [-0.05, 0) is 53.4 Å². The predicted octanol–water partition coefficient (Wildman–Crippen LogP) is 7.57. The van der Waals surface area contributed by atoms with Gasteiger partial charge in [-0.1, -0.05) is 105 Å². The molecule has 0 heteroatoms. The Kier molecular flexibility index (Phi) is 6.66. The van der Waals surface area contributed by atoms with Crippen molar-refractivity contribution in [1.82, 2.24) is 0 Å². The molecule has 1 aliphatic carbocycles. The molecule has 0 radical (unpaired) electrons. The van der Waals surface area contributed by atoms with Crippen LogP contribution in [0.2, 0.25) is 0 Å². The van der Waals surface area contributed by atoms with E-state index >= 15 is 0 Å². The van der Waals surface area contributed by atoms with Gasteiger partial charge in [0.25, 0.3) is 0 Å². The molecule has 0 N–H and O–H groups in total. The SMILES string of the molecule is CCC(C)CC(CC(=C1C=CC=CC1)c1ccccc1)c1ccccc1. The fourth-order valence-electron chi connectivity index (χ4n) is 3.77. The lowest BCUT2D eigenvalue weighted by Crippen LogP contribution is -2.07. The van der Waals surface area contributed by atoms with Gasteiger partial charge >= 0.3 is 0 Å². The van der Waals surface area contributed by atoms with E-state index in [1.54, 1.807) is 0 Å². The first kappa shape index (κ1) is 18.5. The topological polar surface area (TPSA) is 0 Å². The smallest absolute Gasteiger partial charge is 0.00914 e. The van der Waals surface area contributed by atoms with Gasteiger partial charge in [-0.3, -0.25) is 0 Å². The van der Waals surface area contributed by atoms with E-state index in [0.29, 0.717) is 5.92 Å². The first-order valence-electron chi connectivity index (χ1n) is 9.93. The Balaban J connectivity index is 1.97. The van der Waals surface area contributed by atoms with Crippen molar-refractivity contribution >= 4 is 5.57 Å². The molecular formula is C26H30. The van der Waals surface area contributed by atoms with Crippen LogP contribution in [0.5, 0.6) is 0 Å². The maximum absolute atomic E-state index is 2.38. The molecule has 0 saturated carbocycles. The molecule has 2 aromatic rings. The summed E-state index contributed by atoms with van der Waals surface area (Å²) in [6, 6.07) is 22.0. The van der Waals surface area contributed by atoms with Crippen molar-refractivity contribution in [2.24, 2.45) is 5.92 Å². The molecule has 0 nitrogen and oxygen atoms in total. The van der Waals surface area contributed by atoms with Crippen molar-refractivity contribution in [2.45, 2.75) is 45.4 Å². The molecule has 0 saturated heterocycles. The summed E-state index contributed by atoms with van der Waals surface area (Å²) in [7, 11) is 0. The summed E-state index contributed by atoms with van der Waals surface area (Å²) in [6.07, 6.45) is 13.5. The molecule has 0 heterocycles. The Labute approximate surface area is 159 Å². The van der Waals surface area contributed by atoms with Gasteiger partial charge in [-0.25, -0.2) is 0 Å². The number of allylic oxidation sites excluding steroid dienone is 6. The average molecular weight is 343 g/mol. The normalized spacial score (nSPS) is 17.8. The van der Waals surface area contributed by atoms with E-state index in [1.165, 1.54) is 35.1 Å². The highest BCUT2D eigenvalue weighted by molar-refractivity contribution is 5.72. The number of benzene rings is 2. The Bertz CT molecular complexity index is 762. The predicted molar refractivity (Wildman–Crippen MR) is 114 cm³/mol. The van der Waals surface area contributed by atoms with E-state index < -0.39 is 0 Å². The minimum absolute atomic E-state index is 0.563. The lowest BCUT2D eigenvalue weighted by atomic mass is 9.80. The van der Waals surface area contributed by atoms with Crippen LogP contribution in [-0.2, 0) is 0 Å². The molecule has 2 unspecified atom stereocenters. The summed E-state index contributed by atoms with van der Waals surface area (Å²) >= 11 is 0. The molecule has 2 aromatic carbocycles. The Morgan fingerprint density at radius 1 is 0.923 bits per heavy atom. The highest BCUT2D eigenvalue weighted by Gasteiger charge is 2.19. The average Bonchev–Trinajstić information content (AvgIpc) is 2.72. The maximum Gasteiger partial charge on any atom is -0.00914 e. The molecular weight excluding hydrogens is 312 g/mol. The number of rotatable bonds is 7. The largest absolute Gasteiger partial charge is 0.0801 e. The molecule has 2 atom stereocenters. The zero-order valence-corrected chi connectivity index (χ0v) is 16.1. The van der Waals surface area contributed by atoms with Crippen molar-refractivity contribution in [2.75, 3.05) is 0 Å². The quantitative estimate of drug-likeness (QED) is 0.487. The summed E-state index contributed by atoms with van der Waals surface area (Å²) in [4.78, 5) is 0.